The van der Waals surface area contributed by atoms with E-state index in [0.29, 0.717) is 5.41 Å². The van der Waals surface area contributed by atoms with Gasteiger partial charge in [0.25, 0.3) is 0 Å². The van der Waals surface area contributed by atoms with Crippen LogP contribution in [0.3, 0.4) is 0 Å². The molecule has 0 aliphatic heterocycles. The first-order chi connectivity index (χ1) is 8.58. The van der Waals surface area contributed by atoms with Crippen molar-refractivity contribution in [1.82, 2.24) is 5.32 Å². The first-order valence-corrected chi connectivity index (χ1v) is 7.84. The fraction of sp³-hybridized carbons (Fsp3) is 0.625. The van der Waals surface area contributed by atoms with Crippen LogP contribution in [0.1, 0.15) is 39.2 Å². The molecule has 0 heterocycles. The molecular weight excluding hydrogens is 286 g/mol. The summed E-state index contributed by atoms with van der Waals surface area (Å²) in [7, 11) is 0. The number of hydrogen-bond donors (Lipinski definition) is 1. The molecule has 1 aliphatic carbocycles. The molecule has 1 aromatic rings. The maximum Gasteiger partial charge on any atom is 0.0178 e. The first-order valence-electron chi connectivity index (χ1n) is 7.05. The Morgan fingerprint density at radius 3 is 2.78 bits per heavy atom. The highest BCUT2D eigenvalue weighted by molar-refractivity contribution is 9.10. The van der Waals surface area contributed by atoms with E-state index in [4.69, 9.17) is 0 Å². The molecule has 0 spiro atoms. The smallest absolute Gasteiger partial charge is 0.0178 e. The molecule has 1 N–H and O–H groups in total. The van der Waals surface area contributed by atoms with Crippen molar-refractivity contribution in [2.45, 2.75) is 39.0 Å². The zero-order chi connectivity index (χ0) is 13.2. The van der Waals surface area contributed by atoms with Crippen LogP contribution in [0.5, 0.6) is 0 Å². The first kappa shape index (κ1) is 14.1. The van der Waals surface area contributed by atoms with Crippen molar-refractivity contribution in [1.29, 1.82) is 0 Å². The highest BCUT2D eigenvalue weighted by Gasteiger charge is 2.53. The number of rotatable bonds is 6. The summed E-state index contributed by atoms with van der Waals surface area (Å²) in [4.78, 5) is 0. The predicted octanol–water partition coefficient (Wildman–Crippen LogP) is 4.36. The molecule has 0 bridgehead atoms. The molecule has 2 rings (SSSR count). The summed E-state index contributed by atoms with van der Waals surface area (Å²) in [6.07, 6.45) is 2.63. The van der Waals surface area contributed by atoms with Gasteiger partial charge in [0.2, 0.25) is 0 Å². The summed E-state index contributed by atoms with van der Waals surface area (Å²) in [6, 6.07) is 8.86. The Morgan fingerprint density at radius 2 is 2.22 bits per heavy atom. The van der Waals surface area contributed by atoms with Gasteiger partial charge in [0.15, 0.2) is 0 Å². The molecule has 1 saturated carbocycles. The van der Waals surface area contributed by atoms with Gasteiger partial charge in [-0.25, -0.2) is 0 Å². The van der Waals surface area contributed by atoms with E-state index in [2.05, 4.69) is 66.3 Å². The molecule has 1 nitrogen and oxygen atoms in total. The average molecular weight is 310 g/mol. The molecule has 0 aromatic heterocycles. The van der Waals surface area contributed by atoms with E-state index in [1.54, 1.807) is 0 Å². The van der Waals surface area contributed by atoms with Gasteiger partial charge in [0.1, 0.15) is 0 Å². The Balaban J connectivity index is 2.08. The van der Waals surface area contributed by atoms with Crippen molar-refractivity contribution >= 4 is 15.9 Å². The van der Waals surface area contributed by atoms with Crippen LogP contribution in [-0.4, -0.2) is 13.1 Å². The molecule has 0 radical (unpaired) electrons. The number of nitrogens with one attached hydrogen (secondary N) is 1. The van der Waals surface area contributed by atoms with Crippen LogP contribution in [0.15, 0.2) is 28.7 Å². The Hall–Kier alpha value is -0.340. The molecule has 1 aliphatic rings. The minimum Gasteiger partial charge on any atom is -0.316 e. The Bertz CT molecular complexity index is 402. The molecule has 0 amide bonds. The lowest BCUT2D eigenvalue weighted by Crippen LogP contribution is -2.31. The molecule has 100 valence electrons. The van der Waals surface area contributed by atoms with E-state index in [0.717, 1.165) is 24.9 Å². The fourth-order valence-corrected chi connectivity index (χ4v) is 3.37. The third kappa shape index (κ3) is 2.97. The lowest BCUT2D eigenvalue weighted by molar-refractivity contribution is 0.483. The Kier molecular flexibility index (Phi) is 4.50. The maximum absolute atomic E-state index is 3.65. The highest BCUT2D eigenvalue weighted by atomic mass is 79.9. The summed E-state index contributed by atoms with van der Waals surface area (Å²) in [5.74, 6) is 1.58. The normalized spacial score (nSPS) is 26.6. The third-order valence-corrected chi connectivity index (χ3v) is 4.61. The SMILES string of the molecule is CCC1CC1(CNCC(C)C)c1cccc(Br)c1. The van der Waals surface area contributed by atoms with Crippen molar-refractivity contribution in [3.05, 3.63) is 34.3 Å². The fourth-order valence-electron chi connectivity index (χ4n) is 2.97. The molecule has 0 saturated heterocycles. The van der Waals surface area contributed by atoms with Crippen LogP contribution in [0.25, 0.3) is 0 Å². The Labute approximate surface area is 119 Å². The van der Waals surface area contributed by atoms with Gasteiger partial charge in [0, 0.05) is 16.4 Å². The van der Waals surface area contributed by atoms with Crippen molar-refractivity contribution in [3.8, 4) is 0 Å². The van der Waals surface area contributed by atoms with Gasteiger partial charge in [-0.15, -0.1) is 0 Å². The van der Waals surface area contributed by atoms with Gasteiger partial charge in [-0.1, -0.05) is 55.3 Å². The predicted molar refractivity (Wildman–Crippen MR) is 81.9 cm³/mol. The van der Waals surface area contributed by atoms with Crippen LogP contribution in [0.4, 0.5) is 0 Å². The third-order valence-electron chi connectivity index (χ3n) is 4.12. The average Bonchev–Trinajstić information content (AvgIpc) is 3.04. The maximum atomic E-state index is 3.65. The summed E-state index contributed by atoms with van der Waals surface area (Å²) >= 11 is 3.60. The van der Waals surface area contributed by atoms with Gasteiger partial charge in [0.05, 0.1) is 0 Å². The molecule has 18 heavy (non-hydrogen) atoms. The van der Waals surface area contributed by atoms with Gasteiger partial charge in [-0.05, 0) is 42.5 Å². The largest absolute Gasteiger partial charge is 0.316 e. The summed E-state index contributed by atoms with van der Waals surface area (Å²) in [6.45, 7) is 9.09. The van der Waals surface area contributed by atoms with E-state index in [9.17, 15) is 0 Å². The lowest BCUT2D eigenvalue weighted by Gasteiger charge is -2.20. The van der Waals surface area contributed by atoms with Crippen molar-refractivity contribution in [3.63, 3.8) is 0 Å². The van der Waals surface area contributed by atoms with Crippen LogP contribution >= 0.6 is 15.9 Å². The van der Waals surface area contributed by atoms with Crippen LogP contribution < -0.4 is 5.32 Å². The quantitative estimate of drug-likeness (QED) is 0.823. The summed E-state index contributed by atoms with van der Waals surface area (Å²) in [5, 5.41) is 3.65. The van der Waals surface area contributed by atoms with E-state index in [-0.39, 0.29) is 0 Å². The van der Waals surface area contributed by atoms with Crippen molar-refractivity contribution < 1.29 is 0 Å². The topological polar surface area (TPSA) is 12.0 Å². The second-order valence-electron chi connectivity index (χ2n) is 6.00. The van der Waals surface area contributed by atoms with Crippen LogP contribution in [0, 0.1) is 11.8 Å². The molecule has 2 atom stereocenters. The molecule has 1 aromatic carbocycles. The van der Waals surface area contributed by atoms with Gasteiger partial charge in [-0.3, -0.25) is 0 Å². The van der Waals surface area contributed by atoms with Gasteiger partial charge < -0.3 is 5.32 Å². The minimum absolute atomic E-state index is 0.396. The summed E-state index contributed by atoms with van der Waals surface area (Å²) in [5.41, 5.74) is 1.90. The zero-order valence-electron chi connectivity index (χ0n) is 11.7. The van der Waals surface area contributed by atoms with Crippen LogP contribution in [0.2, 0.25) is 0 Å². The molecule has 1 fully saturated rings. The van der Waals surface area contributed by atoms with E-state index in [1.165, 1.54) is 22.9 Å². The monoisotopic (exact) mass is 309 g/mol. The molecule has 2 unspecified atom stereocenters. The second-order valence-corrected chi connectivity index (χ2v) is 6.92. The van der Waals surface area contributed by atoms with Gasteiger partial charge >= 0.3 is 0 Å². The van der Waals surface area contributed by atoms with E-state index >= 15 is 0 Å². The summed E-state index contributed by atoms with van der Waals surface area (Å²) < 4.78 is 1.20. The van der Waals surface area contributed by atoms with Crippen molar-refractivity contribution in [2.24, 2.45) is 11.8 Å². The number of halogens is 1. The zero-order valence-corrected chi connectivity index (χ0v) is 13.3. The standard InChI is InChI=1S/C16H24BrN/c1-4-13-9-16(13,11-18-10-12(2)3)14-6-5-7-15(17)8-14/h5-8,12-13,18H,4,9-11H2,1-3H3. The second kappa shape index (κ2) is 5.75. The Morgan fingerprint density at radius 1 is 1.44 bits per heavy atom. The minimum atomic E-state index is 0.396. The number of hydrogen-bond acceptors (Lipinski definition) is 1. The highest BCUT2D eigenvalue weighted by Crippen LogP contribution is 2.55. The van der Waals surface area contributed by atoms with Crippen molar-refractivity contribution in [2.75, 3.05) is 13.1 Å². The van der Waals surface area contributed by atoms with Gasteiger partial charge in [-0.2, -0.15) is 0 Å². The molecular formula is C16H24BrN. The molecule has 2 heteroatoms. The van der Waals surface area contributed by atoms with Crippen LogP contribution in [-0.2, 0) is 5.41 Å². The van der Waals surface area contributed by atoms with E-state index in [1.807, 2.05) is 0 Å². The number of benzene rings is 1. The van der Waals surface area contributed by atoms with E-state index < -0.39 is 0 Å². The lowest BCUT2D eigenvalue weighted by atomic mass is 9.92.